The first-order chi connectivity index (χ1) is 12.7. The molecule has 1 aliphatic rings. The molecule has 2 N–H and O–H groups in total. The Bertz CT molecular complexity index is 907. The van der Waals surface area contributed by atoms with Crippen molar-refractivity contribution >= 4 is 22.7 Å². The SMILES string of the molecule is COC(=O)c1ccc(N2CCNCC2Oc2cnc3[nH]ccc3c2)cc1. The zero-order chi connectivity index (χ0) is 17.9. The third-order valence-corrected chi connectivity index (χ3v) is 4.46. The van der Waals surface area contributed by atoms with Crippen LogP contribution in [0, 0.1) is 0 Å². The summed E-state index contributed by atoms with van der Waals surface area (Å²) >= 11 is 0. The van der Waals surface area contributed by atoms with Crippen LogP contribution in [-0.4, -0.2) is 48.9 Å². The molecule has 3 heterocycles. The van der Waals surface area contributed by atoms with E-state index in [0.717, 1.165) is 35.6 Å². The van der Waals surface area contributed by atoms with Gasteiger partial charge in [-0.25, -0.2) is 9.78 Å². The maximum Gasteiger partial charge on any atom is 0.337 e. The highest BCUT2D eigenvalue weighted by Crippen LogP contribution is 2.23. The Balaban J connectivity index is 1.54. The van der Waals surface area contributed by atoms with Gasteiger partial charge in [-0.15, -0.1) is 0 Å². The highest BCUT2D eigenvalue weighted by Gasteiger charge is 2.24. The maximum absolute atomic E-state index is 11.6. The van der Waals surface area contributed by atoms with Crippen molar-refractivity contribution in [1.82, 2.24) is 15.3 Å². The van der Waals surface area contributed by atoms with E-state index in [0.29, 0.717) is 12.1 Å². The average molecular weight is 352 g/mol. The molecule has 1 fully saturated rings. The lowest BCUT2D eigenvalue weighted by molar-refractivity contribution is 0.0601. The summed E-state index contributed by atoms with van der Waals surface area (Å²) in [5.41, 5.74) is 2.38. The highest BCUT2D eigenvalue weighted by molar-refractivity contribution is 5.89. The summed E-state index contributed by atoms with van der Waals surface area (Å²) < 4.78 is 10.9. The van der Waals surface area contributed by atoms with Gasteiger partial charge in [-0.2, -0.15) is 0 Å². The van der Waals surface area contributed by atoms with Gasteiger partial charge in [0.25, 0.3) is 0 Å². The Labute approximate surface area is 150 Å². The average Bonchev–Trinajstić information content (AvgIpc) is 3.16. The standard InChI is InChI=1S/C19H20N4O3/c1-25-19(24)13-2-4-15(5-3-13)23-9-8-20-12-17(23)26-16-10-14-6-7-21-18(14)22-11-16/h2-7,10-11,17,20H,8-9,12H2,1H3,(H,21,22). The second kappa shape index (κ2) is 7.05. The minimum absolute atomic E-state index is 0.161. The maximum atomic E-state index is 11.6. The molecule has 0 bridgehead atoms. The number of hydrogen-bond donors (Lipinski definition) is 2. The van der Waals surface area contributed by atoms with Crippen molar-refractivity contribution in [2.75, 3.05) is 31.6 Å². The number of ether oxygens (including phenoxy) is 2. The van der Waals surface area contributed by atoms with Gasteiger partial charge in [-0.3, -0.25) is 0 Å². The van der Waals surface area contributed by atoms with Gasteiger partial charge in [0, 0.05) is 30.4 Å². The lowest BCUT2D eigenvalue weighted by Gasteiger charge is -2.37. The lowest BCUT2D eigenvalue weighted by atomic mass is 10.2. The van der Waals surface area contributed by atoms with E-state index in [1.54, 1.807) is 18.3 Å². The van der Waals surface area contributed by atoms with E-state index in [9.17, 15) is 4.79 Å². The molecule has 0 amide bonds. The van der Waals surface area contributed by atoms with Gasteiger partial charge in [0.15, 0.2) is 6.23 Å². The van der Waals surface area contributed by atoms with E-state index < -0.39 is 0 Å². The molecule has 26 heavy (non-hydrogen) atoms. The summed E-state index contributed by atoms with van der Waals surface area (Å²) in [5, 5.41) is 4.37. The van der Waals surface area contributed by atoms with Gasteiger partial charge >= 0.3 is 5.97 Å². The second-order valence-corrected chi connectivity index (χ2v) is 6.10. The largest absolute Gasteiger partial charge is 0.468 e. The quantitative estimate of drug-likeness (QED) is 0.701. The first-order valence-electron chi connectivity index (χ1n) is 8.50. The molecule has 3 aromatic rings. The Morgan fingerprint density at radius 1 is 1.27 bits per heavy atom. The number of carbonyl (C=O) groups excluding carboxylic acids is 1. The molecule has 1 aromatic carbocycles. The molecule has 1 atom stereocenters. The monoisotopic (exact) mass is 352 g/mol. The van der Waals surface area contributed by atoms with Gasteiger partial charge < -0.3 is 24.7 Å². The molecule has 0 aliphatic carbocycles. The number of nitrogens with zero attached hydrogens (tertiary/aromatic N) is 2. The van der Waals surface area contributed by atoms with Crippen molar-refractivity contribution in [2.45, 2.75) is 6.23 Å². The van der Waals surface area contributed by atoms with Gasteiger partial charge in [0.2, 0.25) is 0 Å². The first kappa shape index (κ1) is 16.4. The topological polar surface area (TPSA) is 79.5 Å². The Morgan fingerprint density at radius 2 is 2.12 bits per heavy atom. The van der Waals surface area contributed by atoms with E-state index >= 15 is 0 Å². The third-order valence-electron chi connectivity index (χ3n) is 4.46. The number of carbonyl (C=O) groups is 1. The minimum Gasteiger partial charge on any atom is -0.468 e. The number of pyridine rings is 1. The fraction of sp³-hybridized carbons (Fsp3) is 0.263. The summed E-state index contributed by atoms with van der Waals surface area (Å²) in [6, 6.07) is 11.3. The number of nitrogens with one attached hydrogen (secondary N) is 2. The number of aromatic nitrogens is 2. The molecule has 134 valence electrons. The molecule has 1 aliphatic heterocycles. The van der Waals surface area contributed by atoms with Crippen LogP contribution in [0.1, 0.15) is 10.4 Å². The van der Waals surface area contributed by atoms with Crippen LogP contribution < -0.4 is 15.0 Å². The number of esters is 1. The molecular formula is C19H20N4O3. The zero-order valence-electron chi connectivity index (χ0n) is 14.4. The van der Waals surface area contributed by atoms with Crippen molar-refractivity contribution in [2.24, 2.45) is 0 Å². The first-order valence-corrected chi connectivity index (χ1v) is 8.50. The predicted molar refractivity (Wildman–Crippen MR) is 98.5 cm³/mol. The van der Waals surface area contributed by atoms with Gasteiger partial charge in [-0.05, 0) is 36.4 Å². The van der Waals surface area contributed by atoms with Crippen molar-refractivity contribution in [3.8, 4) is 5.75 Å². The van der Waals surface area contributed by atoms with Crippen LogP contribution in [0.15, 0.2) is 48.8 Å². The number of benzene rings is 1. The molecule has 7 nitrogen and oxygen atoms in total. The third kappa shape index (κ3) is 3.21. The van der Waals surface area contributed by atoms with Crippen molar-refractivity contribution in [3.63, 3.8) is 0 Å². The molecule has 1 saturated heterocycles. The fourth-order valence-corrected chi connectivity index (χ4v) is 3.13. The van der Waals surface area contributed by atoms with E-state index in [1.165, 1.54) is 7.11 Å². The zero-order valence-corrected chi connectivity index (χ0v) is 14.4. The van der Waals surface area contributed by atoms with Crippen LogP contribution in [-0.2, 0) is 4.74 Å². The smallest absolute Gasteiger partial charge is 0.337 e. The Morgan fingerprint density at radius 3 is 2.92 bits per heavy atom. The molecule has 0 radical (unpaired) electrons. The number of fused-ring (bicyclic) bond motifs is 1. The number of aromatic amines is 1. The number of rotatable bonds is 4. The number of methoxy groups -OCH3 is 1. The molecule has 0 saturated carbocycles. The molecular weight excluding hydrogens is 332 g/mol. The van der Waals surface area contributed by atoms with Crippen molar-refractivity contribution in [1.29, 1.82) is 0 Å². The van der Waals surface area contributed by atoms with E-state index in [4.69, 9.17) is 9.47 Å². The Hall–Kier alpha value is -3.06. The van der Waals surface area contributed by atoms with E-state index in [1.807, 2.05) is 30.5 Å². The molecule has 2 aromatic heterocycles. The fourth-order valence-electron chi connectivity index (χ4n) is 3.13. The summed E-state index contributed by atoms with van der Waals surface area (Å²) in [4.78, 5) is 21.2. The predicted octanol–water partition coefficient (Wildman–Crippen LogP) is 2.16. The number of hydrogen-bond acceptors (Lipinski definition) is 6. The van der Waals surface area contributed by atoms with Crippen LogP contribution in [0.3, 0.4) is 0 Å². The highest BCUT2D eigenvalue weighted by atomic mass is 16.5. The number of piperazine rings is 1. The van der Waals surface area contributed by atoms with Crippen LogP contribution in [0.25, 0.3) is 11.0 Å². The van der Waals surface area contributed by atoms with E-state index in [-0.39, 0.29) is 12.2 Å². The summed E-state index contributed by atoms with van der Waals surface area (Å²) in [6.45, 7) is 2.37. The van der Waals surface area contributed by atoms with Gasteiger partial charge in [0.05, 0.1) is 25.4 Å². The Kier molecular flexibility index (Phi) is 4.45. The van der Waals surface area contributed by atoms with Crippen LogP contribution in [0.5, 0.6) is 5.75 Å². The van der Waals surface area contributed by atoms with Crippen LogP contribution in [0.2, 0.25) is 0 Å². The minimum atomic E-state index is -0.337. The number of H-pyrrole nitrogens is 1. The van der Waals surface area contributed by atoms with Gasteiger partial charge in [0.1, 0.15) is 11.4 Å². The van der Waals surface area contributed by atoms with Crippen LogP contribution >= 0.6 is 0 Å². The summed E-state index contributed by atoms with van der Waals surface area (Å²) in [5.74, 6) is 0.387. The van der Waals surface area contributed by atoms with E-state index in [2.05, 4.69) is 20.2 Å². The summed E-state index contributed by atoms with van der Waals surface area (Å²) in [7, 11) is 1.38. The van der Waals surface area contributed by atoms with Crippen molar-refractivity contribution in [3.05, 3.63) is 54.4 Å². The molecule has 0 spiro atoms. The van der Waals surface area contributed by atoms with Gasteiger partial charge in [-0.1, -0.05) is 0 Å². The van der Waals surface area contributed by atoms with Crippen LogP contribution in [0.4, 0.5) is 5.69 Å². The second-order valence-electron chi connectivity index (χ2n) is 6.10. The molecule has 7 heteroatoms. The number of anilines is 1. The molecule has 1 unspecified atom stereocenters. The molecule has 4 rings (SSSR count). The van der Waals surface area contributed by atoms with Crippen molar-refractivity contribution < 1.29 is 14.3 Å². The lowest BCUT2D eigenvalue weighted by Crippen LogP contribution is -2.54. The normalized spacial score (nSPS) is 17.3. The summed E-state index contributed by atoms with van der Waals surface area (Å²) in [6.07, 6.45) is 3.43.